The summed E-state index contributed by atoms with van der Waals surface area (Å²) in [6, 6.07) is 23.2. The summed E-state index contributed by atoms with van der Waals surface area (Å²) in [6.45, 7) is 2.42. The van der Waals surface area contributed by atoms with E-state index in [2.05, 4.69) is 20.3 Å². The molecule has 0 bridgehead atoms. The summed E-state index contributed by atoms with van der Waals surface area (Å²) in [5.41, 5.74) is 4.66. The van der Waals surface area contributed by atoms with Crippen molar-refractivity contribution in [3.8, 4) is 22.4 Å². The smallest absolute Gasteiger partial charge is 0.357 e. The molecule has 6 nitrogen and oxygen atoms in total. The topological polar surface area (TPSA) is 77.0 Å². The molecule has 160 valence electrons. The summed E-state index contributed by atoms with van der Waals surface area (Å²) < 4.78 is 5.38. The maximum absolute atomic E-state index is 12.6. The Morgan fingerprint density at radius 2 is 1.69 bits per heavy atom. The summed E-state index contributed by atoms with van der Waals surface area (Å²) in [4.78, 5) is 25.8. The summed E-state index contributed by atoms with van der Waals surface area (Å²) in [7, 11) is 0. The Labute approximate surface area is 187 Å². The highest BCUT2D eigenvalue weighted by Crippen LogP contribution is 2.25. The van der Waals surface area contributed by atoms with Crippen LogP contribution in [0.25, 0.3) is 22.4 Å². The van der Waals surface area contributed by atoms with Gasteiger partial charge in [0.05, 0.1) is 12.3 Å². The third-order valence-electron chi connectivity index (χ3n) is 4.87. The van der Waals surface area contributed by atoms with Gasteiger partial charge >= 0.3 is 5.97 Å². The minimum Gasteiger partial charge on any atom is -0.461 e. The molecule has 0 atom stereocenters. The summed E-state index contributed by atoms with van der Waals surface area (Å²) in [5.74, 6) is -0.113. The first-order valence-corrected chi connectivity index (χ1v) is 10.6. The molecule has 0 amide bonds. The highest BCUT2D eigenvalue weighted by Gasteiger charge is 2.15. The van der Waals surface area contributed by atoms with Crippen molar-refractivity contribution in [2.75, 3.05) is 11.9 Å². The fraction of sp³-hybridized carbons (Fsp3) is 0.154. The van der Waals surface area contributed by atoms with Crippen LogP contribution < -0.4 is 5.32 Å². The van der Waals surface area contributed by atoms with Crippen LogP contribution in [0.4, 0.5) is 11.6 Å². The van der Waals surface area contributed by atoms with E-state index in [-0.39, 0.29) is 5.69 Å². The molecule has 0 fully saturated rings. The molecule has 2 heterocycles. The van der Waals surface area contributed by atoms with Gasteiger partial charge in [-0.15, -0.1) is 0 Å². The van der Waals surface area contributed by atoms with Crippen LogP contribution in [-0.2, 0) is 4.74 Å². The molecule has 0 aliphatic heterocycles. The molecule has 2 aromatic carbocycles. The Hall–Kier alpha value is -4.06. The number of anilines is 2. The fourth-order valence-corrected chi connectivity index (χ4v) is 3.16. The molecule has 32 heavy (non-hydrogen) atoms. The lowest BCUT2D eigenvalue weighted by Crippen LogP contribution is -2.11. The number of unbranched alkanes of at least 4 members (excludes halogenated alkanes) is 1. The van der Waals surface area contributed by atoms with Gasteiger partial charge in [0.25, 0.3) is 0 Å². The van der Waals surface area contributed by atoms with Gasteiger partial charge < -0.3 is 10.1 Å². The van der Waals surface area contributed by atoms with E-state index in [0.717, 1.165) is 35.2 Å². The minimum absolute atomic E-state index is 0.223. The Balaban J connectivity index is 1.66. The van der Waals surface area contributed by atoms with Crippen molar-refractivity contribution in [1.29, 1.82) is 0 Å². The van der Waals surface area contributed by atoms with E-state index >= 15 is 0 Å². The molecular formula is C26H24N4O2. The van der Waals surface area contributed by atoms with Crippen LogP contribution in [0.15, 0.2) is 85.2 Å². The predicted octanol–water partition coefficient (Wildman–Crippen LogP) is 5.91. The average molecular weight is 425 g/mol. The van der Waals surface area contributed by atoms with E-state index < -0.39 is 5.97 Å². The van der Waals surface area contributed by atoms with Crippen LogP contribution >= 0.6 is 0 Å². The molecule has 4 rings (SSSR count). The van der Waals surface area contributed by atoms with Crippen molar-refractivity contribution >= 4 is 17.6 Å². The lowest BCUT2D eigenvalue weighted by Gasteiger charge is -2.11. The zero-order valence-electron chi connectivity index (χ0n) is 17.9. The maximum Gasteiger partial charge on any atom is 0.357 e. The number of nitrogens with zero attached hydrogens (tertiary/aromatic N) is 3. The quantitative estimate of drug-likeness (QED) is 0.280. The van der Waals surface area contributed by atoms with Crippen molar-refractivity contribution in [2.24, 2.45) is 0 Å². The second-order valence-corrected chi connectivity index (χ2v) is 7.26. The van der Waals surface area contributed by atoms with Crippen molar-refractivity contribution in [2.45, 2.75) is 19.8 Å². The highest BCUT2D eigenvalue weighted by molar-refractivity contribution is 5.89. The number of carbonyl (C=O) groups excluding carboxylic acids is 1. The van der Waals surface area contributed by atoms with Gasteiger partial charge in [-0.05, 0) is 41.8 Å². The Bertz CT molecular complexity index is 1160. The van der Waals surface area contributed by atoms with Gasteiger partial charge in [0.2, 0.25) is 5.95 Å². The first-order valence-electron chi connectivity index (χ1n) is 10.6. The maximum atomic E-state index is 12.6. The third kappa shape index (κ3) is 5.35. The molecule has 0 aliphatic carbocycles. The van der Waals surface area contributed by atoms with Crippen molar-refractivity contribution in [3.05, 3.63) is 90.9 Å². The molecule has 2 aromatic heterocycles. The molecule has 0 radical (unpaired) electrons. The number of ether oxygens (including phenoxy) is 1. The minimum atomic E-state index is -0.454. The van der Waals surface area contributed by atoms with Crippen LogP contribution in [-0.4, -0.2) is 27.5 Å². The third-order valence-corrected chi connectivity index (χ3v) is 4.87. The summed E-state index contributed by atoms with van der Waals surface area (Å²) in [5, 5.41) is 3.18. The molecule has 0 spiro atoms. The molecule has 0 aliphatic rings. The van der Waals surface area contributed by atoms with Gasteiger partial charge in [0.1, 0.15) is 0 Å². The molecule has 0 unspecified atom stereocenters. The molecular weight excluding hydrogens is 400 g/mol. The predicted molar refractivity (Wildman–Crippen MR) is 126 cm³/mol. The van der Waals surface area contributed by atoms with E-state index in [1.54, 1.807) is 12.3 Å². The van der Waals surface area contributed by atoms with Crippen LogP contribution in [0.5, 0.6) is 0 Å². The number of pyridine rings is 1. The van der Waals surface area contributed by atoms with Gasteiger partial charge in [0, 0.05) is 23.6 Å². The largest absolute Gasteiger partial charge is 0.461 e. The zero-order valence-corrected chi connectivity index (χ0v) is 17.9. The van der Waals surface area contributed by atoms with Crippen molar-refractivity contribution in [1.82, 2.24) is 15.0 Å². The van der Waals surface area contributed by atoms with Crippen LogP contribution in [0, 0.1) is 0 Å². The van der Waals surface area contributed by atoms with Gasteiger partial charge in [-0.1, -0.05) is 61.9 Å². The lowest BCUT2D eigenvalue weighted by molar-refractivity contribution is 0.0493. The van der Waals surface area contributed by atoms with E-state index in [1.165, 1.54) is 0 Å². The Morgan fingerprint density at radius 1 is 0.906 bits per heavy atom. The number of esters is 1. The normalized spacial score (nSPS) is 10.5. The Kier molecular flexibility index (Phi) is 6.82. The molecule has 1 N–H and O–H groups in total. The van der Waals surface area contributed by atoms with E-state index in [0.29, 0.717) is 18.2 Å². The zero-order chi connectivity index (χ0) is 22.2. The lowest BCUT2D eigenvalue weighted by atomic mass is 10.0. The number of nitrogens with one attached hydrogen (secondary N) is 1. The number of hydrogen-bond donors (Lipinski definition) is 1. The second-order valence-electron chi connectivity index (χ2n) is 7.26. The number of para-hydroxylation sites is 1. The summed E-state index contributed by atoms with van der Waals surface area (Å²) >= 11 is 0. The van der Waals surface area contributed by atoms with Gasteiger partial charge in [0.15, 0.2) is 5.69 Å². The molecule has 0 saturated heterocycles. The molecule has 0 saturated carbocycles. The number of carbonyl (C=O) groups is 1. The fourth-order valence-electron chi connectivity index (χ4n) is 3.16. The van der Waals surface area contributed by atoms with Gasteiger partial charge in [-0.2, -0.15) is 0 Å². The molecule has 6 heteroatoms. The monoisotopic (exact) mass is 424 g/mol. The van der Waals surface area contributed by atoms with Crippen molar-refractivity contribution < 1.29 is 9.53 Å². The number of aromatic nitrogens is 3. The summed E-state index contributed by atoms with van der Waals surface area (Å²) in [6.07, 6.45) is 5.34. The van der Waals surface area contributed by atoms with Crippen LogP contribution in [0.2, 0.25) is 0 Å². The molecule has 4 aromatic rings. The van der Waals surface area contributed by atoms with E-state index in [9.17, 15) is 4.79 Å². The first kappa shape index (κ1) is 21.2. The van der Waals surface area contributed by atoms with E-state index in [4.69, 9.17) is 4.74 Å². The Morgan fingerprint density at radius 3 is 2.41 bits per heavy atom. The van der Waals surface area contributed by atoms with Crippen molar-refractivity contribution in [3.63, 3.8) is 0 Å². The first-order chi connectivity index (χ1) is 15.7. The SMILES string of the molecule is CCCCOC(=O)c1cc(-c2ccc(-c3cccnc3)cc2)nc(Nc2ccccc2)n1. The number of rotatable bonds is 8. The number of benzene rings is 2. The van der Waals surface area contributed by atoms with Crippen LogP contribution in [0.3, 0.4) is 0 Å². The van der Waals surface area contributed by atoms with E-state index in [1.807, 2.05) is 79.9 Å². The highest BCUT2D eigenvalue weighted by atomic mass is 16.5. The average Bonchev–Trinajstić information content (AvgIpc) is 2.85. The van der Waals surface area contributed by atoms with Gasteiger partial charge in [-0.25, -0.2) is 14.8 Å². The number of hydrogen-bond acceptors (Lipinski definition) is 6. The standard InChI is InChI=1S/C26H24N4O2/c1-2-3-16-32-25(31)24-17-23(29-26(30-24)28-22-9-5-4-6-10-22)20-13-11-19(12-14-20)21-8-7-15-27-18-21/h4-15,17-18H,2-3,16H2,1H3,(H,28,29,30). The second kappa shape index (κ2) is 10.3. The van der Waals surface area contributed by atoms with Gasteiger partial charge in [-0.3, -0.25) is 4.98 Å². The van der Waals surface area contributed by atoms with Crippen LogP contribution in [0.1, 0.15) is 30.3 Å².